The van der Waals surface area contributed by atoms with Gasteiger partial charge in [0.2, 0.25) is 5.91 Å². The van der Waals surface area contributed by atoms with Gasteiger partial charge in [0, 0.05) is 35.0 Å². The molecule has 1 saturated heterocycles. The minimum absolute atomic E-state index is 0.115. The molecule has 46 heavy (non-hydrogen) atoms. The van der Waals surface area contributed by atoms with Gasteiger partial charge in [0.15, 0.2) is 6.29 Å². The number of ether oxygens (including phenoxy) is 3. The molecule has 1 spiro atoms. The fourth-order valence-corrected chi connectivity index (χ4v) is 9.12. The molecule has 2 aromatic carbocycles. The lowest BCUT2D eigenvalue weighted by atomic mass is 9.64. The van der Waals surface area contributed by atoms with Crippen LogP contribution in [0, 0.1) is 23.7 Å². The normalized spacial score (nSPS) is 26.7. The summed E-state index contributed by atoms with van der Waals surface area (Å²) in [6, 6.07) is 11.9. The van der Waals surface area contributed by atoms with Gasteiger partial charge in [-0.15, -0.1) is 0 Å². The van der Waals surface area contributed by atoms with Crippen molar-refractivity contribution in [2.45, 2.75) is 88.6 Å². The second-order valence-electron chi connectivity index (χ2n) is 14.2. The fourth-order valence-electron chi connectivity index (χ4n) is 8.37. The standard InChI is InChI=1S/C36H49ClN2O6S/c1-23(24(2)46(41)42)6-3-8-30(35-43-16-5-17-44-35)29-12-9-27(29)20-39-21-36(15-4-7-25-18-28(37)11-13-31(25)36)22-45-33-14-10-26(34(38)40)19-32(33)39/h10-11,13-14,18-19,23-24,27,29-30,35,46H,3-9,12,15-17,20-22H2,1-2H3,(H2,38,40)/t23-,24+,27-,29+,30+,36-/m0/s1. The van der Waals surface area contributed by atoms with E-state index in [1.165, 1.54) is 11.1 Å². The number of rotatable bonds is 11. The van der Waals surface area contributed by atoms with Crippen molar-refractivity contribution < 1.29 is 27.4 Å². The summed E-state index contributed by atoms with van der Waals surface area (Å²) in [4.78, 5) is 14.8. The van der Waals surface area contributed by atoms with Gasteiger partial charge < -0.3 is 24.8 Å². The van der Waals surface area contributed by atoms with Gasteiger partial charge in [-0.2, -0.15) is 0 Å². The molecule has 2 aliphatic heterocycles. The number of carbonyl (C=O) groups is 1. The first-order valence-corrected chi connectivity index (χ1v) is 18.7. The van der Waals surface area contributed by atoms with E-state index in [2.05, 4.69) is 17.0 Å². The first kappa shape index (κ1) is 33.6. The van der Waals surface area contributed by atoms with Crippen molar-refractivity contribution in [2.24, 2.45) is 29.4 Å². The number of benzene rings is 2. The smallest absolute Gasteiger partial charge is 0.248 e. The monoisotopic (exact) mass is 672 g/mol. The van der Waals surface area contributed by atoms with Crippen LogP contribution in [0.25, 0.3) is 0 Å². The number of fused-ring (bicyclic) bond motifs is 3. The van der Waals surface area contributed by atoms with Gasteiger partial charge in [-0.25, -0.2) is 8.42 Å². The average molecular weight is 673 g/mol. The molecule has 1 saturated carbocycles. The van der Waals surface area contributed by atoms with Gasteiger partial charge in [0.05, 0.1) is 30.8 Å². The Labute approximate surface area is 280 Å². The molecule has 252 valence electrons. The molecular weight excluding hydrogens is 624 g/mol. The second-order valence-corrected chi connectivity index (χ2v) is 16.0. The molecule has 8 nitrogen and oxygen atoms in total. The lowest BCUT2D eigenvalue weighted by Crippen LogP contribution is -2.50. The summed E-state index contributed by atoms with van der Waals surface area (Å²) < 4.78 is 42.2. The SMILES string of the molecule is C[C@H]([C@@H](C)CCC[C@@H](C1OCCCO1)[C@@H]1CC[C@H]1CN1C[C@@]2(CCCc3cc(Cl)ccc32)COc2ccc(C(N)=O)cc21)[SH](=O)=O. The summed E-state index contributed by atoms with van der Waals surface area (Å²) in [6.45, 7) is 7.44. The Kier molecular flexibility index (Phi) is 10.5. The van der Waals surface area contributed by atoms with Gasteiger partial charge in [-0.3, -0.25) is 4.79 Å². The molecule has 0 radical (unpaired) electrons. The van der Waals surface area contributed by atoms with Crippen molar-refractivity contribution in [3.8, 4) is 5.75 Å². The van der Waals surface area contributed by atoms with Crippen molar-refractivity contribution >= 4 is 33.9 Å². The number of aryl methyl sites for hydroxylation is 1. The van der Waals surface area contributed by atoms with E-state index in [-0.39, 0.29) is 28.8 Å². The Morgan fingerprint density at radius 2 is 1.89 bits per heavy atom. The minimum Gasteiger partial charge on any atom is -0.490 e. The highest BCUT2D eigenvalue weighted by atomic mass is 35.5. The predicted octanol–water partition coefficient (Wildman–Crippen LogP) is 6.12. The minimum atomic E-state index is -2.42. The number of carbonyl (C=O) groups excluding carboxylic acids is 1. The largest absolute Gasteiger partial charge is 0.490 e. The van der Waals surface area contributed by atoms with Gasteiger partial charge >= 0.3 is 0 Å². The number of nitrogens with zero attached hydrogens (tertiary/aromatic N) is 1. The summed E-state index contributed by atoms with van der Waals surface area (Å²) in [7, 11) is -2.42. The van der Waals surface area contributed by atoms with E-state index >= 15 is 0 Å². The maximum Gasteiger partial charge on any atom is 0.248 e. The van der Waals surface area contributed by atoms with E-state index in [4.69, 9.17) is 31.5 Å². The van der Waals surface area contributed by atoms with Crippen LogP contribution in [0.1, 0.15) is 86.7 Å². The van der Waals surface area contributed by atoms with E-state index in [0.29, 0.717) is 37.2 Å². The Morgan fingerprint density at radius 1 is 1.09 bits per heavy atom. The van der Waals surface area contributed by atoms with Crippen LogP contribution in [0.15, 0.2) is 36.4 Å². The quantitative estimate of drug-likeness (QED) is 0.277. The number of nitrogens with two attached hydrogens (primary N) is 1. The molecule has 6 atom stereocenters. The zero-order chi connectivity index (χ0) is 32.4. The maximum atomic E-state index is 12.3. The first-order chi connectivity index (χ1) is 22.1. The van der Waals surface area contributed by atoms with E-state index < -0.39 is 16.6 Å². The number of primary amides is 1. The third kappa shape index (κ3) is 7.08. The van der Waals surface area contributed by atoms with Gasteiger partial charge in [-0.1, -0.05) is 31.0 Å². The molecule has 6 rings (SSSR count). The summed E-state index contributed by atoms with van der Waals surface area (Å²) >= 11 is 6.44. The second kappa shape index (κ2) is 14.4. The fraction of sp³-hybridized carbons (Fsp3) is 0.639. The Morgan fingerprint density at radius 3 is 2.61 bits per heavy atom. The van der Waals surface area contributed by atoms with Crippen LogP contribution in [-0.2, 0) is 32.0 Å². The molecule has 4 aliphatic rings. The van der Waals surface area contributed by atoms with Gasteiger partial charge in [-0.05, 0) is 118 Å². The van der Waals surface area contributed by atoms with E-state index in [9.17, 15) is 13.2 Å². The van der Waals surface area contributed by atoms with Gasteiger partial charge in [0.25, 0.3) is 0 Å². The summed E-state index contributed by atoms with van der Waals surface area (Å²) in [6.07, 6.45) is 8.74. The third-order valence-electron chi connectivity index (χ3n) is 11.4. The lowest BCUT2D eigenvalue weighted by molar-refractivity contribution is -0.224. The highest BCUT2D eigenvalue weighted by Gasteiger charge is 2.46. The number of anilines is 1. The number of thiol groups is 1. The molecule has 2 heterocycles. The third-order valence-corrected chi connectivity index (χ3v) is 12.8. The zero-order valence-electron chi connectivity index (χ0n) is 27.1. The van der Waals surface area contributed by atoms with Crippen molar-refractivity contribution in [1.29, 1.82) is 0 Å². The van der Waals surface area contributed by atoms with Crippen LogP contribution >= 0.6 is 11.6 Å². The van der Waals surface area contributed by atoms with Crippen LogP contribution in [0.4, 0.5) is 5.69 Å². The number of hydrogen-bond acceptors (Lipinski definition) is 7. The number of hydrogen-bond donors (Lipinski definition) is 2. The van der Waals surface area contributed by atoms with Crippen LogP contribution in [-0.4, -0.2) is 58.8 Å². The summed E-state index contributed by atoms with van der Waals surface area (Å²) in [5.41, 5.74) is 9.57. The molecule has 2 aromatic rings. The molecule has 2 N–H and O–H groups in total. The molecule has 1 amide bonds. The van der Waals surface area contributed by atoms with Crippen LogP contribution in [0.5, 0.6) is 5.75 Å². The molecule has 2 fully saturated rings. The molecule has 0 bridgehead atoms. The Hall–Kier alpha value is -2.33. The maximum absolute atomic E-state index is 12.3. The van der Waals surface area contributed by atoms with Crippen molar-refractivity contribution in [3.63, 3.8) is 0 Å². The Bertz CT molecular complexity index is 1470. The average Bonchev–Trinajstić information content (AvgIpc) is 3.19. The first-order valence-electron chi connectivity index (χ1n) is 17.1. The molecule has 2 aliphatic carbocycles. The van der Waals surface area contributed by atoms with Crippen molar-refractivity contribution in [1.82, 2.24) is 0 Å². The molecule has 0 aromatic heterocycles. The van der Waals surface area contributed by atoms with E-state index in [1.807, 2.05) is 32.0 Å². The lowest BCUT2D eigenvalue weighted by Gasteiger charge is -2.48. The molecule has 10 heteroatoms. The topological polar surface area (TPSA) is 108 Å². The highest BCUT2D eigenvalue weighted by molar-refractivity contribution is 7.73. The molecular formula is C36H49ClN2O6S. The van der Waals surface area contributed by atoms with Crippen LogP contribution in [0.3, 0.4) is 0 Å². The van der Waals surface area contributed by atoms with Crippen molar-refractivity contribution in [3.05, 3.63) is 58.1 Å². The Balaban J connectivity index is 1.27. The zero-order valence-corrected chi connectivity index (χ0v) is 28.8. The van der Waals surface area contributed by atoms with Crippen LogP contribution < -0.4 is 15.4 Å². The van der Waals surface area contributed by atoms with Crippen molar-refractivity contribution in [2.75, 3.05) is 37.8 Å². The highest BCUT2D eigenvalue weighted by Crippen LogP contribution is 2.49. The van der Waals surface area contributed by atoms with Crippen LogP contribution in [0.2, 0.25) is 5.02 Å². The predicted molar refractivity (Wildman–Crippen MR) is 182 cm³/mol. The number of halogens is 1. The van der Waals surface area contributed by atoms with E-state index in [0.717, 1.165) is 87.3 Å². The summed E-state index contributed by atoms with van der Waals surface area (Å²) in [5, 5.41) is 0.439. The molecule has 0 unspecified atom stereocenters. The summed E-state index contributed by atoms with van der Waals surface area (Å²) in [5.74, 6) is 1.54. The number of amides is 1. The van der Waals surface area contributed by atoms with Gasteiger partial charge in [0.1, 0.15) is 16.5 Å². The van der Waals surface area contributed by atoms with E-state index in [1.54, 1.807) is 6.07 Å².